The Morgan fingerprint density at radius 3 is 2.52 bits per heavy atom. The highest BCUT2D eigenvalue weighted by molar-refractivity contribution is 6.04. The number of aromatic amines is 1. The van der Waals surface area contributed by atoms with Crippen LogP contribution >= 0.6 is 0 Å². The van der Waals surface area contributed by atoms with Gasteiger partial charge >= 0.3 is 0 Å². The first kappa shape index (κ1) is 15.5. The highest BCUT2D eigenvalue weighted by Crippen LogP contribution is 2.18. The lowest BCUT2D eigenvalue weighted by Gasteiger charge is -2.35. The van der Waals surface area contributed by atoms with E-state index in [9.17, 15) is 9.59 Å². The first-order valence-corrected chi connectivity index (χ1v) is 8.13. The zero-order chi connectivity index (χ0) is 16.4. The molecule has 122 valence electrons. The summed E-state index contributed by atoms with van der Waals surface area (Å²) >= 11 is 0. The summed E-state index contributed by atoms with van der Waals surface area (Å²) in [5.74, 6) is 0.162. The summed E-state index contributed by atoms with van der Waals surface area (Å²) < 4.78 is 0. The van der Waals surface area contributed by atoms with E-state index in [4.69, 9.17) is 0 Å². The van der Waals surface area contributed by atoms with Crippen molar-refractivity contribution in [2.45, 2.75) is 20.3 Å². The number of carbonyl (C=O) groups is 2. The number of fused-ring (bicyclic) bond motifs is 1. The lowest BCUT2D eigenvalue weighted by Crippen LogP contribution is -2.51. The summed E-state index contributed by atoms with van der Waals surface area (Å²) in [4.78, 5) is 28.5. The molecule has 0 aliphatic carbocycles. The van der Waals surface area contributed by atoms with Crippen LogP contribution in [-0.4, -0.2) is 58.0 Å². The maximum Gasteiger partial charge on any atom is 0.275 e. The van der Waals surface area contributed by atoms with Gasteiger partial charge in [0.1, 0.15) is 0 Å². The monoisotopic (exact) mass is 314 g/mol. The molecule has 0 bridgehead atoms. The van der Waals surface area contributed by atoms with Gasteiger partial charge in [0.15, 0.2) is 5.69 Å². The van der Waals surface area contributed by atoms with Gasteiger partial charge in [-0.1, -0.05) is 32.0 Å². The molecule has 1 N–H and O–H groups in total. The van der Waals surface area contributed by atoms with Gasteiger partial charge in [0.25, 0.3) is 5.91 Å². The molecule has 1 unspecified atom stereocenters. The first-order chi connectivity index (χ1) is 11.1. The lowest BCUT2D eigenvalue weighted by molar-refractivity contribution is -0.136. The van der Waals surface area contributed by atoms with Gasteiger partial charge in [0, 0.05) is 37.5 Å². The van der Waals surface area contributed by atoms with E-state index in [1.807, 2.05) is 43.0 Å². The minimum Gasteiger partial charge on any atom is -0.339 e. The third kappa shape index (κ3) is 2.93. The van der Waals surface area contributed by atoms with E-state index in [-0.39, 0.29) is 17.7 Å². The van der Waals surface area contributed by atoms with E-state index < -0.39 is 0 Å². The van der Waals surface area contributed by atoms with Gasteiger partial charge in [-0.2, -0.15) is 5.10 Å². The third-order valence-corrected chi connectivity index (χ3v) is 4.59. The van der Waals surface area contributed by atoms with Crippen LogP contribution in [0, 0.1) is 5.92 Å². The Labute approximate surface area is 135 Å². The predicted molar refractivity (Wildman–Crippen MR) is 88.0 cm³/mol. The fourth-order valence-electron chi connectivity index (χ4n) is 2.89. The zero-order valence-electron chi connectivity index (χ0n) is 13.6. The van der Waals surface area contributed by atoms with Gasteiger partial charge in [0.05, 0.1) is 5.52 Å². The SMILES string of the molecule is CCC(C)C(=O)N1CCN(C(=O)c2n[nH]c3ccccc23)CC1. The van der Waals surface area contributed by atoms with Crippen LogP contribution in [0.3, 0.4) is 0 Å². The molecule has 2 aromatic rings. The molecule has 0 radical (unpaired) electrons. The number of amides is 2. The lowest BCUT2D eigenvalue weighted by atomic mass is 10.1. The van der Waals surface area contributed by atoms with E-state index in [0.29, 0.717) is 31.9 Å². The maximum atomic E-state index is 12.7. The van der Waals surface area contributed by atoms with Gasteiger partial charge < -0.3 is 9.80 Å². The van der Waals surface area contributed by atoms with Crippen LogP contribution in [0.5, 0.6) is 0 Å². The van der Waals surface area contributed by atoms with Crippen molar-refractivity contribution in [3.63, 3.8) is 0 Å². The smallest absolute Gasteiger partial charge is 0.275 e. The quantitative estimate of drug-likeness (QED) is 0.940. The molecule has 23 heavy (non-hydrogen) atoms. The number of carbonyl (C=O) groups excluding carboxylic acids is 2. The summed E-state index contributed by atoms with van der Waals surface area (Å²) in [5, 5.41) is 7.91. The standard InChI is InChI=1S/C17H22N4O2/c1-3-12(2)16(22)20-8-10-21(11-9-20)17(23)15-13-6-4-5-7-14(13)18-19-15/h4-7,12H,3,8-11H2,1-2H3,(H,18,19). The molecule has 6 heteroatoms. The van der Waals surface area contributed by atoms with Crippen molar-refractivity contribution in [1.29, 1.82) is 0 Å². The van der Waals surface area contributed by atoms with Crippen molar-refractivity contribution >= 4 is 22.7 Å². The number of rotatable bonds is 3. The van der Waals surface area contributed by atoms with Crippen LogP contribution in [0.15, 0.2) is 24.3 Å². The van der Waals surface area contributed by atoms with E-state index in [1.165, 1.54) is 0 Å². The number of aromatic nitrogens is 2. The predicted octanol–water partition coefficient (Wildman–Crippen LogP) is 1.89. The number of hydrogen-bond donors (Lipinski definition) is 1. The summed E-state index contributed by atoms with van der Waals surface area (Å²) in [6, 6.07) is 7.61. The van der Waals surface area contributed by atoms with Crippen LogP contribution in [0.2, 0.25) is 0 Å². The van der Waals surface area contributed by atoms with Crippen LogP contribution in [0.25, 0.3) is 10.9 Å². The van der Waals surface area contributed by atoms with E-state index in [1.54, 1.807) is 4.90 Å². The topological polar surface area (TPSA) is 69.3 Å². The molecular formula is C17H22N4O2. The van der Waals surface area contributed by atoms with Gasteiger partial charge in [-0.3, -0.25) is 14.7 Å². The molecular weight excluding hydrogens is 292 g/mol. The first-order valence-electron chi connectivity index (χ1n) is 8.13. The minimum absolute atomic E-state index is 0.0486. The Morgan fingerprint density at radius 1 is 1.17 bits per heavy atom. The molecule has 2 amide bonds. The molecule has 1 aromatic carbocycles. The summed E-state index contributed by atoms with van der Waals surface area (Å²) in [6.07, 6.45) is 0.844. The van der Waals surface area contributed by atoms with Gasteiger partial charge in [-0.15, -0.1) is 0 Å². The largest absolute Gasteiger partial charge is 0.339 e. The number of piperazine rings is 1. The molecule has 1 fully saturated rings. The number of nitrogens with zero attached hydrogens (tertiary/aromatic N) is 3. The van der Waals surface area contributed by atoms with Crippen molar-refractivity contribution in [3.8, 4) is 0 Å². The highest BCUT2D eigenvalue weighted by Gasteiger charge is 2.28. The Kier molecular flexibility index (Phi) is 4.32. The number of hydrogen-bond acceptors (Lipinski definition) is 3. The second kappa shape index (κ2) is 6.40. The van der Waals surface area contributed by atoms with Gasteiger partial charge in [-0.25, -0.2) is 0 Å². The zero-order valence-corrected chi connectivity index (χ0v) is 13.6. The average Bonchev–Trinajstić information content (AvgIpc) is 3.04. The molecule has 1 aromatic heterocycles. The number of nitrogens with one attached hydrogen (secondary N) is 1. The maximum absolute atomic E-state index is 12.7. The van der Waals surface area contributed by atoms with Gasteiger partial charge in [0.2, 0.25) is 5.91 Å². The van der Waals surface area contributed by atoms with Crippen molar-refractivity contribution in [2.75, 3.05) is 26.2 Å². The molecule has 1 saturated heterocycles. The third-order valence-electron chi connectivity index (χ3n) is 4.59. The van der Waals surface area contributed by atoms with Crippen molar-refractivity contribution < 1.29 is 9.59 Å². The Hall–Kier alpha value is -2.37. The second-order valence-electron chi connectivity index (χ2n) is 6.04. The molecule has 6 nitrogen and oxygen atoms in total. The van der Waals surface area contributed by atoms with E-state index >= 15 is 0 Å². The Morgan fingerprint density at radius 2 is 1.83 bits per heavy atom. The van der Waals surface area contributed by atoms with Crippen molar-refractivity contribution in [3.05, 3.63) is 30.0 Å². The normalized spacial score (nSPS) is 16.6. The van der Waals surface area contributed by atoms with Crippen LogP contribution in [0.1, 0.15) is 30.8 Å². The molecule has 1 aliphatic rings. The highest BCUT2D eigenvalue weighted by atomic mass is 16.2. The molecule has 2 heterocycles. The molecule has 0 spiro atoms. The fourth-order valence-corrected chi connectivity index (χ4v) is 2.89. The molecule has 3 rings (SSSR count). The van der Waals surface area contributed by atoms with Crippen LogP contribution in [-0.2, 0) is 4.79 Å². The minimum atomic E-state index is -0.0712. The second-order valence-corrected chi connectivity index (χ2v) is 6.04. The fraction of sp³-hybridized carbons (Fsp3) is 0.471. The summed E-state index contributed by atoms with van der Waals surface area (Å²) in [7, 11) is 0. The Balaban J connectivity index is 1.68. The van der Waals surface area contributed by atoms with E-state index in [0.717, 1.165) is 17.3 Å². The Bertz CT molecular complexity index is 716. The molecule has 1 aliphatic heterocycles. The van der Waals surface area contributed by atoms with Crippen molar-refractivity contribution in [2.24, 2.45) is 5.92 Å². The summed E-state index contributed by atoms with van der Waals surface area (Å²) in [6.45, 7) is 6.28. The van der Waals surface area contributed by atoms with Crippen LogP contribution in [0.4, 0.5) is 0 Å². The number of H-pyrrole nitrogens is 1. The average molecular weight is 314 g/mol. The molecule has 0 saturated carbocycles. The van der Waals surface area contributed by atoms with Gasteiger partial charge in [-0.05, 0) is 12.5 Å². The number of para-hydroxylation sites is 1. The molecule has 1 atom stereocenters. The number of benzene rings is 1. The van der Waals surface area contributed by atoms with Crippen LogP contribution < -0.4 is 0 Å². The van der Waals surface area contributed by atoms with Crippen molar-refractivity contribution in [1.82, 2.24) is 20.0 Å². The van der Waals surface area contributed by atoms with E-state index in [2.05, 4.69) is 10.2 Å². The summed E-state index contributed by atoms with van der Waals surface area (Å²) in [5.41, 5.74) is 1.32.